The molecule has 8 heteroatoms. The van der Waals surface area contributed by atoms with Crippen LogP contribution in [0, 0.1) is 0 Å². The van der Waals surface area contributed by atoms with Crippen molar-refractivity contribution in [3.05, 3.63) is 77.0 Å². The molecule has 0 saturated carbocycles. The summed E-state index contributed by atoms with van der Waals surface area (Å²) in [6.07, 6.45) is 2.70. The van der Waals surface area contributed by atoms with Crippen molar-refractivity contribution in [1.29, 1.82) is 0 Å². The highest BCUT2D eigenvalue weighted by molar-refractivity contribution is 7.95. The maximum atomic E-state index is 12.4. The summed E-state index contributed by atoms with van der Waals surface area (Å²) in [6.45, 7) is 0. The molecule has 0 amide bonds. The molecule has 0 saturated heterocycles. The Bertz CT molecular complexity index is 1050. The van der Waals surface area contributed by atoms with Gasteiger partial charge in [-0.25, -0.2) is 18.4 Å². The maximum Gasteiger partial charge on any atom is 0.256 e. The van der Waals surface area contributed by atoms with Crippen LogP contribution in [0.1, 0.15) is 5.56 Å². The summed E-state index contributed by atoms with van der Waals surface area (Å²) in [4.78, 5) is 8.00. The van der Waals surface area contributed by atoms with Crippen LogP contribution in [0.3, 0.4) is 0 Å². The van der Waals surface area contributed by atoms with E-state index in [9.17, 15) is 8.42 Å². The minimum Gasteiger partial charge on any atom is -0.497 e. The molecule has 138 valence electrons. The Morgan fingerprint density at radius 3 is 2.41 bits per heavy atom. The van der Waals surface area contributed by atoms with Crippen LogP contribution in [0.2, 0.25) is 5.15 Å². The Kier molecular flexibility index (Phi) is 5.73. The van der Waals surface area contributed by atoms with Gasteiger partial charge in [0.25, 0.3) is 10.0 Å². The Labute approximate surface area is 162 Å². The molecule has 0 aliphatic rings. The van der Waals surface area contributed by atoms with Crippen LogP contribution >= 0.6 is 11.6 Å². The standard InChI is InChI=1S/C19H16ClN3O3S/c1-26-16-9-7-15(8-10-16)17-18(20)21-13-22-19(17)23-27(24,25)12-11-14-5-3-2-4-6-14/h2-13H,1H3,(H,21,22,23)/b12-11+. The molecular weight excluding hydrogens is 386 g/mol. The van der Waals surface area contributed by atoms with Crippen LogP contribution in [0.5, 0.6) is 5.75 Å². The molecule has 0 bridgehead atoms. The first-order chi connectivity index (χ1) is 13.0. The summed E-state index contributed by atoms with van der Waals surface area (Å²) in [5, 5.41) is 1.22. The zero-order valence-corrected chi connectivity index (χ0v) is 15.9. The number of hydrogen-bond donors (Lipinski definition) is 1. The van der Waals surface area contributed by atoms with Gasteiger partial charge in [-0.3, -0.25) is 4.72 Å². The fourth-order valence-electron chi connectivity index (χ4n) is 2.36. The van der Waals surface area contributed by atoms with Crippen molar-refractivity contribution in [2.75, 3.05) is 11.8 Å². The smallest absolute Gasteiger partial charge is 0.256 e. The van der Waals surface area contributed by atoms with Gasteiger partial charge in [-0.2, -0.15) is 0 Å². The van der Waals surface area contributed by atoms with Gasteiger partial charge in [0.1, 0.15) is 17.2 Å². The second-order valence-corrected chi connectivity index (χ2v) is 7.40. The second-order valence-electron chi connectivity index (χ2n) is 5.48. The van der Waals surface area contributed by atoms with Gasteiger partial charge < -0.3 is 4.74 Å². The van der Waals surface area contributed by atoms with Crippen LogP contribution in [0.15, 0.2) is 66.3 Å². The lowest BCUT2D eigenvalue weighted by Gasteiger charge is -2.11. The van der Waals surface area contributed by atoms with E-state index < -0.39 is 10.0 Å². The van der Waals surface area contributed by atoms with E-state index in [-0.39, 0.29) is 11.0 Å². The van der Waals surface area contributed by atoms with Crippen molar-refractivity contribution in [1.82, 2.24) is 9.97 Å². The first kappa shape index (κ1) is 18.9. The van der Waals surface area contributed by atoms with Crippen molar-refractivity contribution < 1.29 is 13.2 Å². The monoisotopic (exact) mass is 401 g/mol. The van der Waals surface area contributed by atoms with E-state index in [1.807, 2.05) is 18.2 Å². The minimum atomic E-state index is -3.80. The van der Waals surface area contributed by atoms with E-state index in [2.05, 4.69) is 14.7 Å². The molecule has 0 spiro atoms. The largest absolute Gasteiger partial charge is 0.497 e. The molecular formula is C19H16ClN3O3S. The van der Waals surface area contributed by atoms with Crippen LogP contribution in [-0.4, -0.2) is 25.5 Å². The molecule has 3 rings (SSSR count). The topological polar surface area (TPSA) is 81.2 Å². The summed E-state index contributed by atoms with van der Waals surface area (Å²) >= 11 is 6.20. The number of rotatable bonds is 6. The van der Waals surface area contributed by atoms with Gasteiger partial charge in [-0.1, -0.05) is 54.1 Å². The normalized spacial score (nSPS) is 11.5. The lowest BCUT2D eigenvalue weighted by molar-refractivity contribution is 0.415. The predicted octanol–water partition coefficient (Wildman–Crippen LogP) is 4.22. The summed E-state index contributed by atoms with van der Waals surface area (Å²) in [7, 11) is -2.24. The number of nitrogens with one attached hydrogen (secondary N) is 1. The summed E-state index contributed by atoms with van der Waals surface area (Å²) in [5.74, 6) is 0.762. The number of anilines is 1. The molecule has 0 radical (unpaired) electrons. The zero-order chi connectivity index (χ0) is 19.3. The van der Waals surface area contributed by atoms with E-state index in [4.69, 9.17) is 16.3 Å². The van der Waals surface area contributed by atoms with Crippen LogP contribution in [-0.2, 0) is 10.0 Å². The first-order valence-corrected chi connectivity index (χ1v) is 9.82. The van der Waals surface area contributed by atoms with Gasteiger partial charge in [0.05, 0.1) is 18.1 Å². The molecule has 6 nitrogen and oxygen atoms in total. The Morgan fingerprint density at radius 1 is 1.04 bits per heavy atom. The van der Waals surface area contributed by atoms with Crippen molar-refractivity contribution in [3.8, 4) is 16.9 Å². The van der Waals surface area contributed by atoms with Gasteiger partial charge >= 0.3 is 0 Å². The van der Waals surface area contributed by atoms with E-state index >= 15 is 0 Å². The van der Waals surface area contributed by atoms with E-state index in [0.29, 0.717) is 16.9 Å². The van der Waals surface area contributed by atoms with Crippen molar-refractivity contribution >= 4 is 33.5 Å². The van der Waals surface area contributed by atoms with Crippen molar-refractivity contribution in [2.24, 2.45) is 0 Å². The molecule has 0 aliphatic heterocycles. The Hall–Kier alpha value is -2.90. The van der Waals surface area contributed by atoms with Gasteiger partial charge in [0.2, 0.25) is 0 Å². The summed E-state index contributed by atoms with van der Waals surface area (Å²) in [5.41, 5.74) is 1.81. The maximum absolute atomic E-state index is 12.4. The highest BCUT2D eigenvalue weighted by Crippen LogP contribution is 2.33. The molecule has 1 aromatic heterocycles. The average Bonchev–Trinajstić information content (AvgIpc) is 2.67. The highest BCUT2D eigenvalue weighted by Gasteiger charge is 2.16. The number of methoxy groups -OCH3 is 1. The molecule has 1 N–H and O–H groups in total. The average molecular weight is 402 g/mol. The molecule has 0 unspecified atom stereocenters. The fourth-order valence-corrected chi connectivity index (χ4v) is 3.43. The molecule has 0 aliphatic carbocycles. The number of benzene rings is 2. The van der Waals surface area contributed by atoms with Crippen LogP contribution in [0.25, 0.3) is 17.2 Å². The first-order valence-electron chi connectivity index (χ1n) is 7.89. The summed E-state index contributed by atoms with van der Waals surface area (Å²) < 4.78 is 32.5. The molecule has 3 aromatic rings. The number of nitrogens with zero attached hydrogens (tertiary/aromatic N) is 2. The minimum absolute atomic E-state index is 0.0953. The van der Waals surface area contributed by atoms with Gasteiger partial charge in [0, 0.05) is 0 Å². The van der Waals surface area contributed by atoms with Crippen LogP contribution < -0.4 is 9.46 Å². The molecule has 1 heterocycles. The number of hydrogen-bond acceptors (Lipinski definition) is 5. The van der Waals surface area contributed by atoms with E-state index in [1.165, 1.54) is 12.4 Å². The van der Waals surface area contributed by atoms with Gasteiger partial charge in [-0.05, 0) is 29.3 Å². The Balaban J connectivity index is 1.92. The predicted molar refractivity (Wildman–Crippen MR) is 107 cm³/mol. The SMILES string of the molecule is COc1ccc(-c2c(Cl)ncnc2NS(=O)(=O)/C=C/c2ccccc2)cc1. The molecule has 0 atom stereocenters. The third-order valence-electron chi connectivity index (χ3n) is 3.66. The van der Waals surface area contributed by atoms with Crippen molar-refractivity contribution in [3.63, 3.8) is 0 Å². The van der Waals surface area contributed by atoms with Crippen molar-refractivity contribution in [2.45, 2.75) is 0 Å². The van der Waals surface area contributed by atoms with Gasteiger partial charge in [-0.15, -0.1) is 0 Å². The molecule has 27 heavy (non-hydrogen) atoms. The molecule has 2 aromatic carbocycles. The second kappa shape index (κ2) is 8.20. The number of sulfonamides is 1. The quantitative estimate of drug-likeness (QED) is 0.625. The third kappa shape index (κ3) is 4.84. The lowest BCUT2D eigenvalue weighted by Crippen LogP contribution is -2.11. The van der Waals surface area contributed by atoms with Gasteiger partial charge in [0.15, 0.2) is 5.82 Å². The summed E-state index contributed by atoms with van der Waals surface area (Å²) in [6, 6.07) is 16.1. The molecule has 0 fully saturated rings. The lowest BCUT2D eigenvalue weighted by atomic mass is 10.1. The highest BCUT2D eigenvalue weighted by atomic mass is 35.5. The number of halogens is 1. The van der Waals surface area contributed by atoms with E-state index in [0.717, 1.165) is 11.0 Å². The number of ether oxygens (including phenoxy) is 1. The van der Waals surface area contributed by atoms with E-state index in [1.54, 1.807) is 43.5 Å². The zero-order valence-electron chi connectivity index (χ0n) is 14.3. The fraction of sp³-hybridized carbons (Fsp3) is 0.0526. The Morgan fingerprint density at radius 2 is 1.74 bits per heavy atom. The number of aromatic nitrogens is 2. The third-order valence-corrected chi connectivity index (χ3v) is 4.92. The van der Waals surface area contributed by atoms with Crippen LogP contribution in [0.4, 0.5) is 5.82 Å².